The van der Waals surface area contributed by atoms with Crippen molar-refractivity contribution in [1.82, 2.24) is 0 Å². The summed E-state index contributed by atoms with van der Waals surface area (Å²) in [5.41, 5.74) is 0. The Labute approximate surface area is 84.5 Å². The Balaban J connectivity index is 2.08. The Morgan fingerprint density at radius 1 is 1.29 bits per heavy atom. The molecule has 3 nitrogen and oxygen atoms in total. The number of carboxylic acids is 1. The fourth-order valence-corrected chi connectivity index (χ4v) is 1.87. The zero-order valence-corrected chi connectivity index (χ0v) is 8.62. The van der Waals surface area contributed by atoms with Crippen LogP contribution in [0, 0.1) is 11.8 Å². The van der Waals surface area contributed by atoms with E-state index in [1.165, 1.54) is 19.3 Å². The van der Waals surface area contributed by atoms with Gasteiger partial charge in [-0.15, -0.1) is 0 Å². The Bertz CT molecular complexity index is 223. The molecule has 2 unspecified atom stereocenters. The van der Waals surface area contributed by atoms with Crippen LogP contribution in [0.2, 0.25) is 0 Å². The molecule has 14 heavy (non-hydrogen) atoms. The van der Waals surface area contributed by atoms with Crippen molar-refractivity contribution in [3.05, 3.63) is 0 Å². The summed E-state index contributed by atoms with van der Waals surface area (Å²) in [4.78, 5) is 21.2. The van der Waals surface area contributed by atoms with Crippen molar-refractivity contribution in [3.8, 4) is 0 Å². The van der Waals surface area contributed by atoms with E-state index in [0.717, 1.165) is 19.3 Å². The smallest absolute Gasteiger partial charge is 0.181 e. The van der Waals surface area contributed by atoms with Gasteiger partial charge in [0, 0.05) is 5.92 Å². The summed E-state index contributed by atoms with van der Waals surface area (Å²) >= 11 is 0. The zero-order chi connectivity index (χ0) is 10.6. The van der Waals surface area contributed by atoms with E-state index in [9.17, 15) is 14.7 Å². The second kappa shape index (κ2) is 5.13. The molecule has 0 aliphatic heterocycles. The number of carbonyl (C=O) groups excluding carboxylic acids is 2. The van der Waals surface area contributed by atoms with Crippen LogP contribution < -0.4 is 5.11 Å². The molecule has 0 aromatic carbocycles. The van der Waals surface area contributed by atoms with Crippen LogP contribution in [-0.2, 0) is 9.59 Å². The number of aliphatic carboxylic acids is 1. The van der Waals surface area contributed by atoms with Crippen molar-refractivity contribution < 1.29 is 14.7 Å². The largest absolute Gasteiger partial charge is 0.542 e. The maximum atomic E-state index is 10.9. The topological polar surface area (TPSA) is 57.2 Å². The van der Waals surface area contributed by atoms with E-state index in [2.05, 4.69) is 6.92 Å². The average molecular weight is 197 g/mol. The molecule has 0 aromatic rings. The molecule has 80 valence electrons. The number of hydrogen-bond donors (Lipinski definition) is 0. The minimum Gasteiger partial charge on any atom is -0.542 e. The number of carboxylic acid groups (broad SMARTS) is 1. The molecule has 0 heterocycles. The van der Waals surface area contributed by atoms with Crippen molar-refractivity contribution in [2.75, 3.05) is 0 Å². The highest BCUT2D eigenvalue weighted by atomic mass is 16.4. The highest BCUT2D eigenvalue weighted by Gasteiger charge is 2.42. The Hall–Kier alpha value is -0.860. The monoisotopic (exact) mass is 197 g/mol. The van der Waals surface area contributed by atoms with Crippen molar-refractivity contribution in [2.24, 2.45) is 11.8 Å². The molecule has 0 radical (unpaired) electrons. The minimum absolute atomic E-state index is 0.221. The lowest BCUT2D eigenvalue weighted by atomic mass is 10.1. The molecule has 0 aromatic heterocycles. The molecule has 0 N–H and O–H groups in total. The third kappa shape index (κ3) is 3.13. The van der Waals surface area contributed by atoms with E-state index < -0.39 is 11.8 Å². The molecular formula is C11H17O3-. The van der Waals surface area contributed by atoms with E-state index >= 15 is 0 Å². The first-order chi connectivity index (χ1) is 6.66. The lowest BCUT2D eigenvalue weighted by Gasteiger charge is -2.00. The van der Waals surface area contributed by atoms with Gasteiger partial charge in [-0.25, -0.2) is 0 Å². The number of hydrogen-bond acceptors (Lipinski definition) is 3. The summed E-state index contributed by atoms with van der Waals surface area (Å²) < 4.78 is 0. The summed E-state index contributed by atoms with van der Waals surface area (Å²) in [5.74, 6) is -2.09. The molecule has 1 fully saturated rings. The number of unbranched alkanes of at least 4 members (excludes halogenated alkanes) is 3. The van der Waals surface area contributed by atoms with Crippen LogP contribution >= 0.6 is 0 Å². The molecular weight excluding hydrogens is 180 g/mol. The van der Waals surface area contributed by atoms with E-state index in [1.54, 1.807) is 0 Å². The van der Waals surface area contributed by atoms with Crippen molar-refractivity contribution in [1.29, 1.82) is 0 Å². The van der Waals surface area contributed by atoms with Crippen molar-refractivity contribution in [3.63, 3.8) is 0 Å². The van der Waals surface area contributed by atoms with Gasteiger partial charge in [0.25, 0.3) is 0 Å². The average Bonchev–Trinajstić information content (AvgIpc) is 2.90. The van der Waals surface area contributed by atoms with Crippen LogP contribution in [-0.4, -0.2) is 11.8 Å². The maximum absolute atomic E-state index is 10.9. The highest BCUT2D eigenvalue weighted by Crippen LogP contribution is 2.42. The number of Topliss-reactive ketones (excluding diaryl/α,β-unsaturated/α-hetero) is 1. The standard InChI is InChI=1S/C11H18O3/c1-2-3-4-5-6-8-7-9(8)10(12)11(13)14/h8-9H,2-7H2,1H3,(H,13,14)/p-1. The first-order valence-electron chi connectivity index (χ1n) is 5.42. The summed E-state index contributed by atoms with van der Waals surface area (Å²) in [6.07, 6.45) is 6.51. The highest BCUT2D eigenvalue weighted by molar-refractivity contribution is 6.33. The zero-order valence-electron chi connectivity index (χ0n) is 8.62. The van der Waals surface area contributed by atoms with Crippen LogP contribution in [0.3, 0.4) is 0 Å². The van der Waals surface area contributed by atoms with Gasteiger partial charge in [-0.05, 0) is 18.8 Å². The maximum Gasteiger partial charge on any atom is 0.181 e. The second-order valence-electron chi connectivity index (χ2n) is 4.10. The SMILES string of the molecule is CCCCCCC1CC1C(=O)C(=O)[O-]. The fourth-order valence-electron chi connectivity index (χ4n) is 1.87. The minimum atomic E-state index is -1.51. The molecule has 0 amide bonds. The van der Waals surface area contributed by atoms with Crippen LogP contribution in [0.1, 0.15) is 45.4 Å². The molecule has 1 aliphatic rings. The molecule has 1 rings (SSSR count). The molecule has 3 heteroatoms. The van der Waals surface area contributed by atoms with Crippen LogP contribution in [0.5, 0.6) is 0 Å². The van der Waals surface area contributed by atoms with Crippen LogP contribution in [0.15, 0.2) is 0 Å². The van der Waals surface area contributed by atoms with Crippen molar-refractivity contribution >= 4 is 11.8 Å². The number of rotatable bonds is 7. The van der Waals surface area contributed by atoms with Gasteiger partial charge in [-0.1, -0.05) is 32.6 Å². The predicted octanol–water partition coefficient (Wildman–Crippen LogP) is 0.912. The third-order valence-corrected chi connectivity index (χ3v) is 2.89. The van der Waals surface area contributed by atoms with Gasteiger partial charge in [-0.3, -0.25) is 4.79 Å². The Morgan fingerprint density at radius 2 is 2.00 bits per heavy atom. The lowest BCUT2D eigenvalue weighted by molar-refractivity contribution is -0.300. The summed E-state index contributed by atoms with van der Waals surface area (Å²) in [7, 11) is 0. The molecule has 0 saturated heterocycles. The van der Waals surface area contributed by atoms with E-state index in [0.29, 0.717) is 5.92 Å². The van der Waals surface area contributed by atoms with Gasteiger partial charge in [0.15, 0.2) is 5.78 Å². The predicted molar refractivity (Wildman–Crippen MR) is 50.4 cm³/mol. The lowest BCUT2D eigenvalue weighted by Crippen LogP contribution is -2.33. The van der Waals surface area contributed by atoms with Gasteiger partial charge in [0.05, 0.1) is 0 Å². The second-order valence-corrected chi connectivity index (χ2v) is 4.10. The summed E-state index contributed by atoms with van der Waals surface area (Å²) in [5, 5.41) is 10.2. The quantitative estimate of drug-likeness (QED) is 0.450. The van der Waals surface area contributed by atoms with Gasteiger partial charge < -0.3 is 9.90 Å². The molecule has 1 saturated carbocycles. The fraction of sp³-hybridized carbons (Fsp3) is 0.818. The first kappa shape index (κ1) is 11.2. The van der Waals surface area contributed by atoms with E-state index in [-0.39, 0.29) is 5.92 Å². The van der Waals surface area contributed by atoms with Gasteiger partial charge in [-0.2, -0.15) is 0 Å². The van der Waals surface area contributed by atoms with Crippen molar-refractivity contribution in [2.45, 2.75) is 45.4 Å². The third-order valence-electron chi connectivity index (χ3n) is 2.89. The molecule has 1 aliphatic carbocycles. The van der Waals surface area contributed by atoms with Gasteiger partial charge in [0.2, 0.25) is 0 Å². The molecule has 0 bridgehead atoms. The summed E-state index contributed by atoms with van der Waals surface area (Å²) in [6, 6.07) is 0. The van der Waals surface area contributed by atoms with E-state index in [4.69, 9.17) is 0 Å². The first-order valence-corrected chi connectivity index (χ1v) is 5.42. The molecule has 0 spiro atoms. The van der Waals surface area contributed by atoms with Gasteiger partial charge >= 0.3 is 0 Å². The number of ketones is 1. The summed E-state index contributed by atoms with van der Waals surface area (Å²) in [6.45, 7) is 2.15. The molecule has 2 atom stereocenters. The van der Waals surface area contributed by atoms with Crippen LogP contribution in [0.4, 0.5) is 0 Å². The Kier molecular flexibility index (Phi) is 4.11. The van der Waals surface area contributed by atoms with Crippen LogP contribution in [0.25, 0.3) is 0 Å². The normalized spacial score (nSPS) is 24.6. The van der Waals surface area contributed by atoms with E-state index in [1.807, 2.05) is 0 Å². The van der Waals surface area contributed by atoms with Gasteiger partial charge in [0.1, 0.15) is 5.97 Å². The number of carbonyl (C=O) groups is 2. The Morgan fingerprint density at radius 3 is 2.57 bits per heavy atom.